The summed E-state index contributed by atoms with van der Waals surface area (Å²) in [4.78, 5) is 15.7. The second-order valence-electron chi connectivity index (χ2n) is 4.64. The standard InChI is InChI=1S/C13H16N2O/c1-14-12-9-11(15-6-2-3-7-15)5-4-10(12)8-13(14)16/h4-5,9H,2-3,6-8H2,1H3. The molecule has 84 valence electrons. The molecule has 2 heterocycles. The van der Waals surface area contributed by atoms with Crippen molar-refractivity contribution in [2.24, 2.45) is 0 Å². The minimum Gasteiger partial charge on any atom is -0.371 e. The van der Waals surface area contributed by atoms with Gasteiger partial charge in [0.2, 0.25) is 5.91 Å². The van der Waals surface area contributed by atoms with Crippen LogP contribution in [0.15, 0.2) is 18.2 Å². The van der Waals surface area contributed by atoms with Crippen molar-refractivity contribution < 1.29 is 4.79 Å². The van der Waals surface area contributed by atoms with Crippen LogP contribution in [0.3, 0.4) is 0 Å². The van der Waals surface area contributed by atoms with Gasteiger partial charge in [0.25, 0.3) is 0 Å². The Bertz CT molecular complexity index is 436. The topological polar surface area (TPSA) is 23.6 Å². The molecule has 3 rings (SSSR count). The number of carbonyl (C=O) groups excluding carboxylic acids is 1. The molecular weight excluding hydrogens is 200 g/mol. The number of nitrogens with zero attached hydrogens (tertiary/aromatic N) is 2. The number of anilines is 2. The van der Waals surface area contributed by atoms with Crippen molar-refractivity contribution in [2.75, 3.05) is 29.9 Å². The number of benzene rings is 1. The summed E-state index contributed by atoms with van der Waals surface area (Å²) in [5.41, 5.74) is 3.52. The maximum absolute atomic E-state index is 11.6. The van der Waals surface area contributed by atoms with Crippen LogP contribution in [-0.4, -0.2) is 26.0 Å². The lowest BCUT2D eigenvalue weighted by Gasteiger charge is -2.19. The molecule has 1 aromatic rings. The zero-order chi connectivity index (χ0) is 11.1. The van der Waals surface area contributed by atoms with Crippen LogP contribution in [0.25, 0.3) is 0 Å². The molecule has 1 saturated heterocycles. The van der Waals surface area contributed by atoms with Crippen molar-refractivity contribution in [2.45, 2.75) is 19.3 Å². The smallest absolute Gasteiger partial charge is 0.231 e. The van der Waals surface area contributed by atoms with Gasteiger partial charge < -0.3 is 9.80 Å². The third kappa shape index (κ3) is 1.39. The van der Waals surface area contributed by atoms with Gasteiger partial charge in [-0.05, 0) is 30.5 Å². The molecule has 1 amide bonds. The van der Waals surface area contributed by atoms with Gasteiger partial charge in [-0.15, -0.1) is 0 Å². The zero-order valence-corrected chi connectivity index (χ0v) is 9.57. The van der Waals surface area contributed by atoms with E-state index in [4.69, 9.17) is 0 Å². The molecule has 16 heavy (non-hydrogen) atoms. The van der Waals surface area contributed by atoms with Gasteiger partial charge >= 0.3 is 0 Å². The second-order valence-corrected chi connectivity index (χ2v) is 4.64. The summed E-state index contributed by atoms with van der Waals surface area (Å²) in [5, 5.41) is 0. The summed E-state index contributed by atoms with van der Waals surface area (Å²) in [5.74, 6) is 0.202. The van der Waals surface area contributed by atoms with E-state index in [1.54, 1.807) is 4.90 Å². The lowest BCUT2D eigenvalue weighted by Crippen LogP contribution is -2.21. The molecule has 0 atom stereocenters. The van der Waals surface area contributed by atoms with Crippen LogP contribution in [0, 0.1) is 0 Å². The summed E-state index contributed by atoms with van der Waals surface area (Å²) in [7, 11) is 1.86. The molecular formula is C13H16N2O. The van der Waals surface area contributed by atoms with E-state index in [0.29, 0.717) is 6.42 Å². The molecule has 2 aliphatic heterocycles. The van der Waals surface area contributed by atoms with Gasteiger partial charge in [0.1, 0.15) is 0 Å². The molecule has 1 aromatic carbocycles. The Hall–Kier alpha value is -1.51. The zero-order valence-electron chi connectivity index (χ0n) is 9.57. The van der Waals surface area contributed by atoms with Crippen molar-refractivity contribution in [3.05, 3.63) is 23.8 Å². The first-order valence-electron chi connectivity index (χ1n) is 5.90. The van der Waals surface area contributed by atoms with E-state index in [1.807, 2.05) is 7.05 Å². The predicted molar refractivity (Wildman–Crippen MR) is 65.0 cm³/mol. The van der Waals surface area contributed by atoms with Crippen molar-refractivity contribution in [3.8, 4) is 0 Å². The van der Waals surface area contributed by atoms with Crippen molar-refractivity contribution in [1.29, 1.82) is 0 Å². The van der Waals surface area contributed by atoms with E-state index in [0.717, 1.165) is 24.3 Å². The molecule has 0 bridgehead atoms. The van der Waals surface area contributed by atoms with Crippen molar-refractivity contribution in [3.63, 3.8) is 0 Å². The fourth-order valence-corrected chi connectivity index (χ4v) is 2.60. The fourth-order valence-electron chi connectivity index (χ4n) is 2.60. The maximum Gasteiger partial charge on any atom is 0.231 e. The van der Waals surface area contributed by atoms with E-state index in [9.17, 15) is 4.79 Å². The highest BCUT2D eigenvalue weighted by Crippen LogP contribution is 2.32. The normalized spacial score (nSPS) is 19.4. The van der Waals surface area contributed by atoms with Gasteiger partial charge in [0.05, 0.1) is 6.42 Å². The number of likely N-dealkylation sites (N-methyl/N-ethyl adjacent to an activating group) is 1. The van der Waals surface area contributed by atoms with Crippen LogP contribution in [0.5, 0.6) is 0 Å². The van der Waals surface area contributed by atoms with E-state index in [2.05, 4.69) is 23.1 Å². The quantitative estimate of drug-likeness (QED) is 0.714. The van der Waals surface area contributed by atoms with Crippen molar-refractivity contribution in [1.82, 2.24) is 0 Å². The van der Waals surface area contributed by atoms with E-state index >= 15 is 0 Å². The highest BCUT2D eigenvalue weighted by molar-refractivity contribution is 6.01. The van der Waals surface area contributed by atoms with Gasteiger partial charge in [0, 0.05) is 31.5 Å². The minimum absolute atomic E-state index is 0.202. The van der Waals surface area contributed by atoms with Crippen LogP contribution >= 0.6 is 0 Å². The van der Waals surface area contributed by atoms with Crippen LogP contribution in [0.1, 0.15) is 18.4 Å². The van der Waals surface area contributed by atoms with Gasteiger partial charge in [-0.2, -0.15) is 0 Å². The monoisotopic (exact) mass is 216 g/mol. The van der Waals surface area contributed by atoms with E-state index in [1.165, 1.54) is 18.5 Å². The first-order chi connectivity index (χ1) is 7.75. The van der Waals surface area contributed by atoms with Crippen LogP contribution < -0.4 is 9.80 Å². The molecule has 0 aliphatic carbocycles. The average molecular weight is 216 g/mol. The molecule has 0 saturated carbocycles. The number of hydrogen-bond donors (Lipinski definition) is 0. The molecule has 0 spiro atoms. The van der Waals surface area contributed by atoms with E-state index < -0.39 is 0 Å². The molecule has 3 heteroatoms. The summed E-state index contributed by atoms with van der Waals surface area (Å²) >= 11 is 0. The number of fused-ring (bicyclic) bond motifs is 1. The van der Waals surface area contributed by atoms with Crippen LogP contribution in [0.2, 0.25) is 0 Å². The van der Waals surface area contributed by atoms with Crippen LogP contribution in [0.4, 0.5) is 11.4 Å². The molecule has 0 aromatic heterocycles. The lowest BCUT2D eigenvalue weighted by molar-refractivity contribution is -0.117. The molecule has 0 radical (unpaired) electrons. The first-order valence-corrected chi connectivity index (χ1v) is 5.90. The SMILES string of the molecule is CN1C(=O)Cc2ccc(N3CCCC3)cc21. The largest absolute Gasteiger partial charge is 0.371 e. The predicted octanol–water partition coefficient (Wildman–Crippen LogP) is 1.81. The number of amides is 1. The molecule has 0 N–H and O–H groups in total. The summed E-state index contributed by atoms with van der Waals surface area (Å²) in [6.07, 6.45) is 3.13. The van der Waals surface area contributed by atoms with Crippen LogP contribution in [-0.2, 0) is 11.2 Å². The van der Waals surface area contributed by atoms with Gasteiger partial charge in [-0.1, -0.05) is 6.07 Å². The Morgan fingerprint density at radius 1 is 1.19 bits per heavy atom. The van der Waals surface area contributed by atoms with E-state index in [-0.39, 0.29) is 5.91 Å². The number of hydrogen-bond acceptors (Lipinski definition) is 2. The molecule has 3 nitrogen and oxygen atoms in total. The van der Waals surface area contributed by atoms with Gasteiger partial charge in [0.15, 0.2) is 0 Å². The van der Waals surface area contributed by atoms with Crippen molar-refractivity contribution >= 4 is 17.3 Å². The Kier molecular flexibility index (Phi) is 2.13. The Morgan fingerprint density at radius 2 is 1.94 bits per heavy atom. The minimum atomic E-state index is 0.202. The highest BCUT2D eigenvalue weighted by Gasteiger charge is 2.25. The molecule has 0 unspecified atom stereocenters. The summed E-state index contributed by atoms with van der Waals surface area (Å²) < 4.78 is 0. The summed E-state index contributed by atoms with van der Waals surface area (Å²) in [6, 6.07) is 6.41. The average Bonchev–Trinajstić information content (AvgIpc) is 2.89. The number of carbonyl (C=O) groups is 1. The molecule has 1 fully saturated rings. The Labute approximate surface area is 95.7 Å². The fraction of sp³-hybridized carbons (Fsp3) is 0.462. The Morgan fingerprint density at radius 3 is 2.69 bits per heavy atom. The lowest BCUT2D eigenvalue weighted by atomic mass is 10.1. The summed E-state index contributed by atoms with van der Waals surface area (Å²) in [6.45, 7) is 2.30. The third-order valence-electron chi connectivity index (χ3n) is 3.62. The third-order valence-corrected chi connectivity index (χ3v) is 3.62. The highest BCUT2D eigenvalue weighted by atomic mass is 16.2. The van der Waals surface area contributed by atoms with Gasteiger partial charge in [-0.3, -0.25) is 4.79 Å². The maximum atomic E-state index is 11.6. The second kappa shape index (κ2) is 3.51. The molecule has 2 aliphatic rings. The number of rotatable bonds is 1. The first kappa shape index (κ1) is 9.70. The Balaban J connectivity index is 1.96. The van der Waals surface area contributed by atoms with Gasteiger partial charge in [-0.25, -0.2) is 0 Å².